The first-order valence-electron chi connectivity index (χ1n) is 5.28. The number of hydrazine groups is 1. The summed E-state index contributed by atoms with van der Waals surface area (Å²) in [4.78, 5) is 34.6. The van der Waals surface area contributed by atoms with Crippen LogP contribution in [0, 0.1) is 12.8 Å². The number of carbonyl (C=O) groups excluding carboxylic acids is 3. The molecule has 0 aliphatic carbocycles. The van der Waals surface area contributed by atoms with Crippen LogP contribution in [-0.4, -0.2) is 34.9 Å². The van der Waals surface area contributed by atoms with Gasteiger partial charge in [-0.2, -0.15) is 0 Å². The topological polar surface area (TPSA) is 105 Å². The number of rotatable bonds is 3. The number of anilines is 1. The SMILES string of the molecule is Cc1cc(NC(=O)CC2C(=O)NN(C)C2=O)no1. The van der Waals surface area contributed by atoms with Crippen LogP contribution in [0.2, 0.25) is 0 Å². The summed E-state index contributed by atoms with van der Waals surface area (Å²) in [7, 11) is 1.43. The summed E-state index contributed by atoms with van der Waals surface area (Å²) in [5.41, 5.74) is 2.32. The standard InChI is InChI=1S/C10H12N4O4/c1-5-3-7(13-18-5)11-8(15)4-6-9(16)12-14(2)10(6)17/h3,6H,4H2,1-2H3,(H,12,16)(H,11,13,15). The van der Waals surface area contributed by atoms with Crippen molar-refractivity contribution < 1.29 is 18.9 Å². The van der Waals surface area contributed by atoms with Crippen LogP contribution in [0.5, 0.6) is 0 Å². The minimum Gasteiger partial charge on any atom is -0.360 e. The molecule has 1 fully saturated rings. The molecule has 1 aromatic heterocycles. The lowest BCUT2D eigenvalue weighted by molar-refractivity contribution is -0.134. The van der Waals surface area contributed by atoms with E-state index in [0.29, 0.717) is 5.76 Å². The smallest absolute Gasteiger partial charge is 0.253 e. The van der Waals surface area contributed by atoms with Gasteiger partial charge in [0.15, 0.2) is 5.82 Å². The van der Waals surface area contributed by atoms with E-state index in [1.807, 2.05) is 0 Å². The van der Waals surface area contributed by atoms with E-state index in [1.165, 1.54) is 7.05 Å². The fraction of sp³-hybridized carbons (Fsp3) is 0.400. The Morgan fingerprint density at radius 1 is 1.61 bits per heavy atom. The fourth-order valence-electron chi connectivity index (χ4n) is 1.63. The summed E-state index contributed by atoms with van der Waals surface area (Å²) in [5, 5.41) is 7.10. The van der Waals surface area contributed by atoms with Crippen LogP contribution in [-0.2, 0) is 14.4 Å². The van der Waals surface area contributed by atoms with E-state index < -0.39 is 23.6 Å². The fourth-order valence-corrected chi connectivity index (χ4v) is 1.63. The zero-order chi connectivity index (χ0) is 13.3. The Hall–Kier alpha value is -2.38. The zero-order valence-corrected chi connectivity index (χ0v) is 9.89. The second-order valence-corrected chi connectivity index (χ2v) is 4.00. The summed E-state index contributed by atoms with van der Waals surface area (Å²) in [6.45, 7) is 1.69. The lowest BCUT2D eigenvalue weighted by Crippen LogP contribution is -2.31. The van der Waals surface area contributed by atoms with E-state index in [0.717, 1.165) is 5.01 Å². The van der Waals surface area contributed by atoms with Crippen LogP contribution in [0.3, 0.4) is 0 Å². The first kappa shape index (κ1) is 12.1. The maximum atomic E-state index is 11.6. The Morgan fingerprint density at radius 2 is 2.33 bits per heavy atom. The van der Waals surface area contributed by atoms with E-state index in [-0.39, 0.29) is 12.2 Å². The highest BCUT2D eigenvalue weighted by Gasteiger charge is 2.38. The van der Waals surface area contributed by atoms with Crippen LogP contribution in [0.25, 0.3) is 0 Å². The van der Waals surface area contributed by atoms with Crippen molar-refractivity contribution in [2.24, 2.45) is 5.92 Å². The maximum Gasteiger partial charge on any atom is 0.253 e. The van der Waals surface area contributed by atoms with E-state index in [2.05, 4.69) is 15.9 Å². The van der Waals surface area contributed by atoms with Gasteiger partial charge in [-0.15, -0.1) is 0 Å². The van der Waals surface area contributed by atoms with Crippen LogP contribution in [0.1, 0.15) is 12.2 Å². The summed E-state index contributed by atoms with van der Waals surface area (Å²) in [6.07, 6.45) is -0.221. The Labute approximate surface area is 102 Å². The molecule has 0 radical (unpaired) electrons. The molecule has 2 rings (SSSR count). The highest BCUT2D eigenvalue weighted by molar-refractivity contribution is 6.08. The van der Waals surface area contributed by atoms with Gasteiger partial charge < -0.3 is 9.84 Å². The van der Waals surface area contributed by atoms with Crippen molar-refractivity contribution in [3.8, 4) is 0 Å². The van der Waals surface area contributed by atoms with Gasteiger partial charge in [0.1, 0.15) is 11.7 Å². The molecule has 1 aliphatic heterocycles. The van der Waals surface area contributed by atoms with E-state index in [1.54, 1.807) is 13.0 Å². The molecule has 18 heavy (non-hydrogen) atoms. The first-order valence-corrected chi connectivity index (χ1v) is 5.28. The first-order chi connectivity index (χ1) is 8.47. The monoisotopic (exact) mass is 252 g/mol. The van der Waals surface area contributed by atoms with Crippen molar-refractivity contribution in [1.82, 2.24) is 15.6 Å². The molecule has 2 N–H and O–H groups in total. The summed E-state index contributed by atoms with van der Waals surface area (Å²) >= 11 is 0. The molecule has 1 aromatic rings. The van der Waals surface area contributed by atoms with Crippen LogP contribution >= 0.6 is 0 Å². The molecular weight excluding hydrogens is 240 g/mol. The van der Waals surface area contributed by atoms with E-state index >= 15 is 0 Å². The number of hydrogen-bond acceptors (Lipinski definition) is 5. The van der Waals surface area contributed by atoms with Gasteiger partial charge in [-0.3, -0.25) is 24.8 Å². The average molecular weight is 252 g/mol. The Morgan fingerprint density at radius 3 is 2.83 bits per heavy atom. The molecular formula is C10H12N4O4. The molecule has 0 bridgehead atoms. The summed E-state index contributed by atoms with van der Waals surface area (Å²) < 4.78 is 4.78. The van der Waals surface area contributed by atoms with Gasteiger partial charge in [0.05, 0.1) is 0 Å². The van der Waals surface area contributed by atoms with Crippen molar-refractivity contribution in [3.05, 3.63) is 11.8 Å². The molecule has 8 nitrogen and oxygen atoms in total. The molecule has 2 heterocycles. The molecule has 0 aromatic carbocycles. The third-order valence-electron chi connectivity index (χ3n) is 2.51. The number of carbonyl (C=O) groups is 3. The van der Waals surface area contributed by atoms with Crippen molar-refractivity contribution in [2.75, 3.05) is 12.4 Å². The molecule has 0 saturated carbocycles. The van der Waals surface area contributed by atoms with Crippen LogP contribution < -0.4 is 10.7 Å². The Bertz CT molecular complexity index is 510. The van der Waals surface area contributed by atoms with E-state index in [9.17, 15) is 14.4 Å². The van der Waals surface area contributed by atoms with Crippen molar-refractivity contribution in [2.45, 2.75) is 13.3 Å². The normalized spacial score (nSPS) is 19.0. The molecule has 96 valence electrons. The third-order valence-corrected chi connectivity index (χ3v) is 2.51. The van der Waals surface area contributed by atoms with Gasteiger partial charge in [0.2, 0.25) is 5.91 Å². The van der Waals surface area contributed by atoms with Gasteiger partial charge in [0.25, 0.3) is 11.8 Å². The number of aryl methyl sites for hydroxylation is 1. The highest BCUT2D eigenvalue weighted by atomic mass is 16.5. The molecule has 1 saturated heterocycles. The zero-order valence-electron chi connectivity index (χ0n) is 9.89. The lowest BCUT2D eigenvalue weighted by Gasteiger charge is -2.06. The molecule has 8 heteroatoms. The largest absolute Gasteiger partial charge is 0.360 e. The number of nitrogens with one attached hydrogen (secondary N) is 2. The molecule has 1 aliphatic rings. The van der Waals surface area contributed by atoms with Crippen molar-refractivity contribution in [1.29, 1.82) is 0 Å². The number of aromatic nitrogens is 1. The Kier molecular flexibility index (Phi) is 3.00. The molecule has 1 atom stereocenters. The van der Waals surface area contributed by atoms with E-state index in [4.69, 9.17) is 4.52 Å². The van der Waals surface area contributed by atoms with Crippen LogP contribution in [0.4, 0.5) is 5.82 Å². The lowest BCUT2D eigenvalue weighted by atomic mass is 10.1. The predicted octanol–water partition coefficient (Wildman–Crippen LogP) is -0.569. The molecule has 1 unspecified atom stereocenters. The minimum absolute atomic E-state index is 0.221. The summed E-state index contributed by atoms with van der Waals surface area (Å²) in [5.74, 6) is -1.54. The quantitative estimate of drug-likeness (QED) is 0.701. The second-order valence-electron chi connectivity index (χ2n) is 4.00. The molecule has 0 spiro atoms. The number of hydrogen-bond donors (Lipinski definition) is 2. The molecule has 3 amide bonds. The number of nitrogens with zero attached hydrogens (tertiary/aromatic N) is 2. The Balaban J connectivity index is 1.95. The maximum absolute atomic E-state index is 11.6. The minimum atomic E-state index is -0.983. The van der Waals surface area contributed by atoms with Crippen LogP contribution in [0.15, 0.2) is 10.6 Å². The van der Waals surface area contributed by atoms with Gasteiger partial charge in [-0.25, -0.2) is 0 Å². The van der Waals surface area contributed by atoms with Gasteiger partial charge >= 0.3 is 0 Å². The predicted molar refractivity (Wildman–Crippen MR) is 58.9 cm³/mol. The number of amides is 3. The van der Waals surface area contributed by atoms with Crippen molar-refractivity contribution in [3.63, 3.8) is 0 Å². The highest BCUT2D eigenvalue weighted by Crippen LogP contribution is 2.15. The van der Waals surface area contributed by atoms with Gasteiger partial charge in [-0.1, -0.05) is 5.16 Å². The average Bonchev–Trinajstić information content (AvgIpc) is 2.78. The van der Waals surface area contributed by atoms with Gasteiger partial charge in [0, 0.05) is 19.5 Å². The van der Waals surface area contributed by atoms with Crippen molar-refractivity contribution >= 4 is 23.5 Å². The third kappa shape index (κ3) is 2.31. The second kappa shape index (κ2) is 4.47. The van der Waals surface area contributed by atoms with Gasteiger partial charge in [-0.05, 0) is 6.92 Å². The summed E-state index contributed by atoms with van der Waals surface area (Å²) in [6, 6.07) is 1.54.